The van der Waals surface area contributed by atoms with E-state index < -0.39 is 6.10 Å². The van der Waals surface area contributed by atoms with Crippen molar-refractivity contribution in [3.63, 3.8) is 0 Å². The van der Waals surface area contributed by atoms with Gasteiger partial charge in [0, 0.05) is 12.1 Å². The normalized spacial score (nSPS) is 23.7. The first-order valence-electron chi connectivity index (χ1n) is 7.68. The third-order valence-corrected chi connectivity index (χ3v) is 5.14. The molecule has 0 radical (unpaired) electrons. The maximum atomic E-state index is 10.9. The topological polar surface area (TPSA) is 41.9 Å². The van der Waals surface area contributed by atoms with E-state index >= 15 is 0 Å². The van der Waals surface area contributed by atoms with E-state index in [1.807, 2.05) is 18.2 Å². The first-order chi connectivity index (χ1) is 10.8. The van der Waals surface area contributed by atoms with Crippen LogP contribution in [0.3, 0.4) is 0 Å². The number of rotatable bonds is 0. The van der Waals surface area contributed by atoms with Gasteiger partial charge in [0.2, 0.25) is 6.79 Å². The Bertz CT molecular complexity index is 792. The molecule has 1 aliphatic carbocycles. The molecule has 0 unspecified atom stereocenters. The summed E-state index contributed by atoms with van der Waals surface area (Å²) >= 11 is 0. The highest BCUT2D eigenvalue weighted by molar-refractivity contribution is 5.84. The van der Waals surface area contributed by atoms with Gasteiger partial charge in [-0.15, -0.1) is 0 Å². The molecule has 2 atom stereocenters. The van der Waals surface area contributed by atoms with Crippen LogP contribution in [0.4, 0.5) is 0 Å². The molecule has 3 aliphatic rings. The van der Waals surface area contributed by atoms with Crippen LogP contribution < -0.4 is 26.5 Å². The van der Waals surface area contributed by atoms with Gasteiger partial charge in [-0.3, -0.25) is 4.90 Å². The summed E-state index contributed by atoms with van der Waals surface area (Å²) in [5, 5.41) is 10.9. The molecule has 0 saturated carbocycles. The molecule has 0 fully saturated rings. The van der Waals surface area contributed by atoms with Crippen molar-refractivity contribution in [1.29, 1.82) is 0 Å². The predicted molar refractivity (Wildman–Crippen MR) is 82.0 cm³/mol. The largest absolute Gasteiger partial charge is 1.00 e. The third-order valence-electron chi connectivity index (χ3n) is 5.14. The summed E-state index contributed by atoms with van der Waals surface area (Å²) in [7, 11) is 2.08. The molecule has 2 aromatic rings. The quantitative estimate of drug-likeness (QED) is 0.685. The van der Waals surface area contributed by atoms with Gasteiger partial charge in [0.1, 0.15) is 0 Å². The fourth-order valence-electron chi connectivity index (χ4n) is 4.13. The molecule has 5 rings (SSSR count). The monoisotopic (exact) mass is 374 g/mol. The van der Waals surface area contributed by atoms with E-state index in [4.69, 9.17) is 9.47 Å². The van der Waals surface area contributed by atoms with Crippen molar-refractivity contribution in [2.24, 2.45) is 0 Å². The van der Waals surface area contributed by atoms with Crippen LogP contribution in [0.15, 0.2) is 30.3 Å². The number of aliphatic hydroxyl groups excluding tert-OH is 1. The lowest BCUT2D eigenvalue weighted by Crippen LogP contribution is -3.00. The lowest BCUT2D eigenvalue weighted by atomic mass is 9.75. The number of nitrogens with zero attached hydrogens (tertiary/aromatic N) is 1. The third kappa shape index (κ3) is 1.90. The minimum absolute atomic E-state index is 0. The van der Waals surface area contributed by atoms with Crippen LogP contribution in [0.25, 0.3) is 11.1 Å². The van der Waals surface area contributed by atoms with E-state index in [1.165, 1.54) is 11.1 Å². The van der Waals surface area contributed by atoms with Gasteiger partial charge >= 0.3 is 0 Å². The van der Waals surface area contributed by atoms with Crippen molar-refractivity contribution in [1.82, 2.24) is 4.90 Å². The molecule has 0 amide bonds. The van der Waals surface area contributed by atoms with Gasteiger partial charge in [0.15, 0.2) is 11.5 Å². The van der Waals surface area contributed by atoms with Crippen LogP contribution in [-0.2, 0) is 6.42 Å². The SMILES string of the molecule is CN1CCc2cc3c(c4c2[C@H]1[C@H](O)c1ccccc1-4)OCO3.[Br-]. The van der Waals surface area contributed by atoms with Gasteiger partial charge in [-0.2, -0.15) is 0 Å². The summed E-state index contributed by atoms with van der Waals surface area (Å²) in [5.41, 5.74) is 5.64. The molecular weight excluding hydrogens is 358 g/mol. The molecule has 4 nitrogen and oxygen atoms in total. The molecule has 5 heteroatoms. The Morgan fingerprint density at radius 3 is 2.91 bits per heavy atom. The molecule has 0 aromatic heterocycles. The number of benzene rings is 2. The summed E-state index contributed by atoms with van der Waals surface area (Å²) in [6.07, 6.45) is 0.467. The zero-order valence-corrected chi connectivity index (χ0v) is 14.3. The molecule has 2 heterocycles. The van der Waals surface area contributed by atoms with Crippen LogP contribution in [0.2, 0.25) is 0 Å². The molecular formula is C18H17BrNO3-. The zero-order valence-electron chi connectivity index (χ0n) is 12.8. The smallest absolute Gasteiger partial charge is 0.231 e. The fraction of sp³-hybridized carbons (Fsp3) is 0.333. The van der Waals surface area contributed by atoms with Crippen LogP contribution in [0, 0.1) is 0 Å². The molecule has 1 N–H and O–H groups in total. The lowest BCUT2D eigenvalue weighted by molar-refractivity contribution is -0.00000905. The number of hydrogen-bond acceptors (Lipinski definition) is 4. The number of hydrogen-bond donors (Lipinski definition) is 1. The highest BCUT2D eigenvalue weighted by atomic mass is 79.9. The summed E-state index contributed by atoms with van der Waals surface area (Å²) in [4.78, 5) is 2.24. The number of aliphatic hydroxyl groups is 1. The first kappa shape index (κ1) is 15.0. The average molecular weight is 375 g/mol. The molecule has 120 valence electrons. The second kappa shape index (κ2) is 5.23. The zero-order chi connectivity index (χ0) is 14.8. The van der Waals surface area contributed by atoms with E-state index in [0.29, 0.717) is 0 Å². The fourth-order valence-corrected chi connectivity index (χ4v) is 4.13. The maximum absolute atomic E-state index is 10.9. The number of halogens is 1. The van der Waals surface area contributed by atoms with Crippen molar-refractivity contribution in [2.45, 2.75) is 18.6 Å². The summed E-state index contributed by atoms with van der Waals surface area (Å²) < 4.78 is 11.4. The second-order valence-corrected chi connectivity index (χ2v) is 6.27. The Hall–Kier alpha value is -1.56. The minimum atomic E-state index is -0.506. The minimum Gasteiger partial charge on any atom is -1.00 e. The van der Waals surface area contributed by atoms with E-state index in [0.717, 1.165) is 41.2 Å². The van der Waals surface area contributed by atoms with E-state index in [-0.39, 0.29) is 29.8 Å². The Balaban J connectivity index is 0.00000135. The standard InChI is InChI=1S/C18H17NO3.BrH/c1-19-7-6-10-8-13-18(22-9-21-13)15-11-4-2-3-5-12(11)17(20)16(19)14(10)15;/h2-5,8,16-17,20H,6-7,9H2,1H3;1H/p-1/t16-,17+;/m0./s1. The Morgan fingerprint density at radius 2 is 2.04 bits per heavy atom. The van der Waals surface area contributed by atoms with Crippen molar-refractivity contribution in [2.75, 3.05) is 20.4 Å². The van der Waals surface area contributed by atoms with Gasteiger partial charge in [-0.05, 0) is 41.8 Å². The van der Waals surface area contributed by atoms with Crippen LogP contribution in [0.5, 0.6) is 11.5 Å². The second-order valence-electron chi connectivity index (χ2n) is 6.27. The van der Waals surface area contributed by atoms with E-state index in [2.05, 4.69) is 24.1 Å². The predicted octanol–water partition coefficient (Wildman–Crippen LogP) is -0.338. The van der Waals surface area contributed by atoms with Gasteiger partial charge in [0.05, 0.1) is 12.1 Å². The Labute approximate surface area is 145 Å². The van der Waals surface area contributed by atoms with Crippen molar-refractivity contribution in [3.8, 4) is 22.6 Å². The number of ether oxygens (including phenoxy) is 2. The highest BCUT2D eigenvalue weighted by Crippen LogP contribution is 2.56. The van der Waals surface area contributed by atoms with Gasteiger partial charge in [-0.25, -0.2) is 0 Å². The van der Waals surface area contributed by atoms with Crippen molar-refractivity contribution in [3.05, 3.63) is 47.0 Å². The molecule has 0 saturated heterocycles. The van der Waals surface area contributed by atoms with Crippen LogP contribution >= 0.6 is 0 Å². The van der Waals surface area contributed by atoms with Gasteiger partial charge in [-0.1, -0.05) is 24.3 Å². The number of likely N-dealkylation sites (N-methyl/N-ethyl adjacent to an activating group) is 1. The molecule has 2 aliphatic heterocycles. The number of fused-ring (bicyclic) bond motifs is 4. The average Bonchev–Trinajstić information content (AvgIpc) is 3.00. The van der Waals surface area contributed by atoms with Gasteiger partial charge in [0.25, 0.3) is 0 Å². The van der Waals surface area contributed by atoms with Crippen LogP contribution in [0.1, 0.15) is 28.8 Å². The lowest BCUT2D eigenvalue weighted by Gasteiger charge is -2.42. The Kier molecular flexibility index (Phi) is 3.41. The summed E-state index contributed by atoms with van der Waals surface area (Å²) in [6, 6.07) is 10.2. The highest BCUT2D eigenvalue weighted by Gasteiger charge is 2.42. The molecule has 23 heavy (non-hydrogen) atoms. The molecule has 0 spiro atoms. The maximum Gasteiger partial charge on any atom is 0.231 e. The first-order valence-corrected chi connectivity index (χ1v) is 7.68. The van der Waals surface area contributed by atoms with Crippen LogP contribution in [-0.4, -0.2) is 30.4 Å². The van der Waals surface area contributed by atoms with Crippen molar-refractivity contribution < 1.29 is 31.6 Å². The Morgan fingerprint density at radius 1 is 1.22 bits per heavy atom. The van der Waals surface area contributed by atoms with Gasteiger partial charge < -0.3 is 31.6 Å². The van der Waals surface area contributed by atoms with E-state index in [9.17, 15) is 5.11 Å². The molecule has 2 aromatic carbocycles. The van der Waals surface area contributed by atoms with E-state index in [1.54, 1.807) is 0 Å². The summed E-state index contributed by atoms with van der Waals surface area (Å²) in [6.45, 7) is 1.21. The molecule has 0 bridgehead atoms. The summed E-state index contributed by atoms with van der Waals surface area (Å²) in [5.74, 6) is 1.67. The van der Waals surface area contributed by atoms with Crippen molar-refractivity contribution >= 4 is 0 Å².